The van der Waals surface area contributed by atoms with Crippen molar-refractivity contribution in [1.82, 2.24) is 25.0 Å². The number of carbonyl (C=O) groups is 1. The molecule has 11 heteroatoms. The van der Waals surface area contributed by atoms with Gasteiger partial charge in [0.2, 0.25) is 5.52 Å². The van der Waals surface area contributed by atoms with Gasteiger partial charge in [-0.2, -0.15) is 4.98 Å². The molecule has 0 saturated carbocycles. The van der Waals surface area contributed by atoms with Crippen molar-refractivity contribution in [2.45, 2.75) is 32.6 Å². The van der Waals surface area contributed by atoms with Gasteiger partial charge in [0.15, 0.2) is 17.3 Å². The number of fused-ring (bicyclic) bond motifs is 1. The smallest absolute Gasteiger partial charge is 0.323 e. The molecule has 1 aliphatic heterocycles. The van der Waals surface area contributed by atoms with Gasteiger partial charge in [-0.1, -0.05) is 42.5 Å². The highest BCUT2D eigenvalue weighted by Gasteiger charge is 2.25. The minimum atomic E-state index is -0.200. The number of anilines is 2. The zero-order valence-corrected chi connectivity index (χ0v) is 17.4. The number of urea groups is 1. The van der Waals surface area contributed by atoms with Crippen molar-refractivity contribution in [1.29, 1.82) is 0 Å². The zero-order valence-electron chi connectivity index (χ0n) is 16.6. The van der Waals surface area contributed by atoms with Crippen LogP contribution in [0.25, 0.3) is 11.2 Å². The van der Waals surface area contributed by atoms with E-state index in [2.05, 4.69) is 30.4 Å². The molecule has 29 heavy (non-hydrogen) atoms. The first-order valence-electron chi connectivity index (χ1n) is 9.51. The average Bonchev–Trinajstić information content (AvgIpc) is 3.25. The summed E-state index contributed by atoms with van der Waals surface area (Å²) in [4.78, 5) is 31.4. The van der Waals surface area contributed by atoms with Gasteiger partial charge in [-0.15, -0.1) is 0 Å². The fourth-order valence-electron chi connectivity index (χ4n) is 3.17. The van der Waals surface area contributed by atoms with Crippen molar-refractivity contribution in [3.05, 3.63) is 23.3 Å². The lowest BCUT2D eigenvalue weighted by molar-refractivity contribution is -0.347. The van der Waals surface area contributed by atoms with E-state index in [1.54, 1.807) is 17.3 Å². The number of carbonyl (C=O) groups excluding carboxylic acids is 1. The molecule has 154 valence electrons. The predicted molar refractivity (Wildman–Crippen MR) is 108 cm³/mol. The molecule has 0 aliphatic carbocycles. The van der Waals surface area contributed by atoms with E-state index in [1.165, 1.54) is 0 Å². The third-order valence-electron chi connectivity index (χ3n) is 4.83. The summed E-state index contributed by atoms with van der Waals surface area (Å²) in [7, 11) is 0. The molecule has 0 radical (unpaired) electrons. The molecular formula is C18H24ClN8O2+. The monoisotopic (exact) mass is 419 g/mol. The second-order valence-corrected chi connectivity index (χ2v) is 8.41. The van der Waals surface area contributed by atoms with E-state index < -0.39 is 0 Å². The number of aromatic nitrogens is 5. The molecule has 0 aromatic carbocycles. The van der Waals surface area contributed by atoms with Crippen LogP contribution in [0.3, 0.4) is 0 Å². The largest absolute Gasteiger partial charge is 0.359 e. The Morgan fingerprint density at radius 1 is 1.28 bits per heavy atom. The number of nitrogens with zero attached hydrogens (tertiary/aromatic N) is 5. The predicted octanol–water partition coefficient (Wildman–Crippen LogP) is 2.46. The Morgan fingerprint density at radius 3 is 2.86 bits per heavy atom. The van der Waals surface area contributed by atoms with Gasteiger partial charge in [0, 0.05) is 37.7 Å². The maximum atomic E-state index is 12.7. The highest BCUT2D eigenvalue weighted by atomic mass is 35.5. The third-order valence-corrected chi connectivity index (χ3v) is 5.10. The Balaban J connectivity index is 1.41. The highest BCUT2D eigenvalue weighted by molar-refractivity contribution is 6.33. The van der Waals surface area contributed by atoms with Crippen LogP contribution in [0, 0.1) is 0 Å². The number of amides is 2. The van der Waals surface area contributed by atoms with Gasteiger partial charge in [-0.3, -0.25) is 10.3 Å². The van der Waals surface area contributed by atoms with Crippen LogP contribution in [0.5, 0.6) is 0 Å². The van der Waals surface area contributed by atoms with Crippen molar-refractivity contribution < 1.29 is 14.3 Å². The Bertz CT molecular complexity index is 1020. The summed E-state index contributed by atoms with van der Waals surface area (Å²) in [5, 5.41) is 7.14. The molecule has 4 heterocycles. The van der Waals surface area contributed by atoms with E-state index in [4.69, 9.17) is 16.1 Å². The second kappa shape index (κ2) is 7.51. The normalized spacial score (nSPS) is 15.6. The molecular weight excluding hydrogens is 396 g/mol. The number of H-pyrrole nitrogens is 2. The minimum absolute atomic E-state index is 0.168. The number of hydrogen-bond acceptors (Lipinski definition) is 6. The van der Waals surface area contributed by atoms with Crippen LogP contribution in [0.15, 0.2) is 16.9 Å². The van der Waals surface area contributed by atoms with Gasteiger partial charge in [0.1, 0.15) is 5.76 Å². The van der Waals surface area contributed by atoms with Crippen LogP contribution in [-0.4, -0.2) is 57.2 Å². The Kier molecular flexibility index (Phi) is 5.03. The molecule has 1 saturated heterocycles. The number of halogens is 1. The summed E-state index contributed by atoms with van der Waals surface area (Å²) in [5.41, 5.74) is 1.16. The summed E-state index contributed by atoms with van der Waals surface area (Å²) >= 11 is 6.25. The Labute approximate surface area is 172 Å². The summed E-state index contributed by atoms with van der Waals surface area (Å²) in [5.74, 6) is 1.69. The fraction of sp³-hybridized carbons (Fsp3) is 0.500. The first kappa shape index (κ1) is 19.4. The van der Waals surface area contributed by atoms with Gasteiger partial charge in [-0.25, -0.2) is 9.78 Å². The summed E-state index contributed by atoms with van der Waals surface area (Å²) in [6.45, 7) is 8.57. The van der Waals surface area contributed by atoms with Crippen LogP contribution in [0.4, 0.5) is 16.6 Å². The Hall–Kier alpha value is -2.88. The standard InChI is InChI=1S/C18H23ClN8O2/c1-18(2,3)11-9-12(25-29-11)22-17(28)27-6-4-5-26(7-8-27)16-23-14(19)13-15(24-16)21-10-20-13/h9-10H,4-8H2,1-3H3,(H,22,25,28)(H,20,21,23,24)/p+1. The lowest BCUT2D eigenvalue weighted by Gasteiger charge is -2.21. The van der Waals surface area contributed by atoms with Crippen molar-refractivity contribution in [3.8, 4) is 0 Å². The van der Waals surface area contributed by atoms with Gasteiger partial charge >= 0.3 is 17.6 Å². The van der Waals surface area contributed by atoms with Crippen molar-refractivity contribution in [2.24, 2.45) is 0 Å². The molecule has 0 atom stereocenters. The summed E-state index contributed by atoms with van der Waals surface area (Å²) in [6, 6.07) is 1.56. The lowest BCUT2D eigenvalue weighted by Crippen LogP contribution is -2.38. The van der Waals surface area contributed by atoms with E-state index in [1.807, 2.05) is 25.7 Å². The zero-order chi connectivity index (χ0) is 20.6. The number of nitrogens with one attached hydrogen (secondary N) is 3. The van der Waals surface area contributed by atoms with E-state index in [0.29, 0.717) is 47.7 Å². The molecule has 0 unspecified atom stereocenters. The van der Waals surface area contributed by atoms with Crippen molar-refractivity contribution in [3.63, 3.8) is 0 Å². The Morgan fingerprint density at radius 2 is 2.10 bits per heavy atom. The van der Waals surface area contributed by atoms with Crippen molar-refractivity contribution in [2.75, 3.05) is 36.4 Å². The summed E-state index contributed by atoms with van der Waals surface area (Å²) < 4.78 is 5.33. The van der Waals surface area contributed by atoms with Gasteiger partial charge in [0.05, 0.1) is 0 Å². The molecule has 3 aromatic heterocycles. The van der Waals surface area contributed by atoms with Crippen molar-refractivity contribution >= 4 is 40.6 Å². The third kappa shape index (κ3) is 4.12. The van der Waals surface area contributed by atoms with Crippen LogP contribution in [-0.2, 0) is 5.41 Å². The maximum absolute atomic E-state index is 12.7. The second-order valence-electron chi connectivity index (χ2n) is 8.06. The number of imidazole rings is 1. The SMILES string of the molecule is CC(C)(C)c1cc(NC(=O)N2CCCN(c3nc(Cl)c4[nH]c[nH+]c4n3)CC2)no1. The molecule has 4 rings (SSSR count). The maximum Gasteiger partial charge on any atom is 0.323 e. The van der Waals surface area contributed by atoms with E-state index in [9.17, 15) is 4.79 Å². The minimum Gasteiger partial charge on any atom is -0.359 e. The highest BCUT2D eigenvalue weighted by Crippen LogP contribution is 2.25. The quantitative estimate of drug-likeness (QED) is 0.616. The number of rotatable bonds is 2. The lowest BCUT2D eigenvalue weighted by atomic mass is 9.93. The molecule has 10 nitrogen and oxygen atoms in total. The summed E-state index contributed by atoms with van der Waals surface area (Å²) in [6.07, 6.45) is 2.45. The molecule has 0 spiro atoms. The van der Waals surface area contributed by atoms with E-state index in [-0.39, 0.29) is 11.4 Å². The van der Waals surface area contributed by atoms with Gasteiger partial charge < -0.3 is 14.3 Å². The van der Waals surface area contributed by atoms with Gasteiger partial charge in [0.25, 0.3) is 0 Å². The molecule has 1 fully saturated rings. The van der Waals surface area contributed by atoms with Crippen LogP contribution >= 0.6 is 11.6 Å². The first-order valence-corrected chi connectivity index (χ1v) is 9.89. The van der Waals surface area contributed by atoms with Crippen LogP contribution < -0.4 is 15.2 Å². The molecule has 0 bridgehead atoms. The average molecular weight is 420 g/mol. The fourth-order valence-corrected chi connectivity index (χ4v) is 3.39. The topological polar surface area (TPSA) is 117 Å². The van der Waals surface area contributed by atoms with E-state index in [0.717, 1.165) is 18.7 Å². The molecule has 2 amide bonds. The molecule has 3 aromatic rings. The number of aromatic amines is 2. The number of hydrogen-bond donors (Lipinski definition) is 2. The first-order chi connectivity index (χ1) is 13.8. The van der Waals surface area contributed by atoms with Gasteiger partial charge in [-0.05, 0) is 6.42 Å². The molecule has 1 aliphatic rings. The van der Waals surface area contributed by atoms with Crippen LogP contribution in [0.2, 0.25) is 5.15 Å². The molecule has 3 N–H and O–H groups in total. The van der Waals surface area contributed by atoms with Crippen LogP contribution in [0.1, 0.15) is 33.0 Å². The van der Waals surface area contributed by atoms with E-state index >= 15 is 0 Å².